The topological polar surface area (TPSA) is 70.7 Å². The Bertz CT molecular complexity index is 689. The fourth-order valence-corrected chi connectivity index (χ4v) is 3.26. The Kier molecular flexibility index (Phi) is 8.50. The first-order valence-corrected chi connectivity index (χ1v) is 10.8. The van der Waals surface area contributed by atoms with Gasteiger partial charge in [-0.05, 0) is 50.3 Å². The Balaban J connectivity index is 2.18. The number of hydrogen-bond acceptors (Lipinski definition) is 4. The molecule has 0 spiro atoms. The lowest BCUT2D eigenvalue weighted by Gasteiger charge is -2.33. The Labute approximate surface area is 175 Å². The fraction of sp³-hybridized carbons (Fsp3) is 0.652. The van der Waals surface area contributed by atoms with E-state index in [0.717, 1.165) is 38.0 Å². The quantitative estimate of drug-likeness (QED) is 0.642. The van der Waals surface area contributed by atoms with Crippen LogP contribution in [0, 0.1) is 11.3 Å². The van der Waals surface area contributed by atoms with E-state index in [1.54, 1.807) is 6.07 Å². The van der Waals surface area contributed by atoms with Crippen molar-refractivity contribution in [3.63, 3.8) is 0 Å². The number of carbonyl (C=O) groups is 2. The molecule has 1 aliphatic rings. The smallest absolute Gasteiger partial charge is 0.253 e. The van der Waals surface area contributed by atoms with Crippen molar-refractivity contribution in [2.24, 2.45) is 11.3 Å². The van der Waals surface area contributed by atoms with E-state index in [1.807, 2.05) is 39.8 Å². The van der Waals surface area contributed by atoms with Gasteiger partial charge in [-0.15, -0.1) is 0 Å². The first-order valence-electron chi connectivity index (χ1n) is 10.8. The van der Waals surface area contributed by atoms with Gasteiger partial charge in [-0.3, -0.25) is 9.59 Å². The van der Waals surface area contributed by atoms with E-state index in [9.17, 15) is 9.59 Å². The van der Waals surface area contributed by atoms with Gasteiger partial charge in [0.05, 0.1) is 5.56 Å². The average Bonchev–Trinajstić information content (AvgIpc) is 2.67. The zero-order chi connectivity index (χ0) is 21.4. The number of hydrogen-bond donors (Lipinski definition) is 2. The van der Waals surface area contributed by atoms with Crippen LogP contribution in [0.15, 0.2) is 18.2 Å². The van der Waals surface area contributed by atoms with Crippen LogP contribution in [-0.2, 0) is 9.53 Å². The number of ether oxygens (including phenoxy) is 1. The second kappa shape index (κ2) is 10.6. The molecule has 0 saturated carbocycles. The summed E-state index contributed by atoms with van der Waals surface area (Å²) in [5, 5.41) is 5.94. The molecular formula is C23H37N3O3. The molecule has 1 fully saturated rings. The zero-order valence-corrected chi connectivity index (χ0v) is 18.6. The van der Waals surface area contributed by atoms with E-state index in [4.69, 9.17) is 4.74 Å². The maximum Gasteiger partial charge on any atom is 0.253 e. The molecule has 0 aliphatic carbocycles. The van der Waals surface area contributed by atoms with Crippen LogP contribution in [0.4, 0.5) is 11.4 Å². The summed E-state index contributed by atoms with van der Waals surface area (Å²) < 4.78 is 5.34. The third kappa shape index (κ3) is 7.03. The highest BCUT2D eigenvalue weighted by Gasteiger charge is 2.24. The highest BCUT2D eigenvalue weighted by atomic mass is 16.5. The summed E-state index contributed by atoms with van der Waals surface area (Å²) in [5.74, 6) is 0.537. The second-order valence-corrected chi connectivity index (χ2v) is 8.91. The zero-order valence-electron chi connectivity index (χ0n) is 18.6. The summed E-state index contributed by atoms with van der Waals surface area (Å²) in [7, 11) is 0. The molecule has 2 N–H and O–H groups in total. The first kappa shape index (κ1) is 23.2. The van der Waals surface area contributed by atoms with Crippen LogP contribution in [0.25, 0.3) is 0 Å². The lowest BCUT2D eigenvalue weighted by Crippen LogP contribution is -2.35. The third-order valence-electron chi connectivity index (χ3n) is 5.26. The van der Waals surface area contributed by atoms with Crippen LogP contribution in [0.1, 0.15) is 64.2 Å². The van der Waals surface area contributed by atoms with Crippen molar-refractivity contribution in [3.05, 3.63) is 23.8 Å². The molecule has 162 valence electrons. The Morgan fingerprint density at radius 3 is 2.52 bits per heavy atom. The summed E-state index contributed by atoms with van der Waals surface area (Å²) >= 11 is 0. The van der Waals surface area contributed by atoms with Gasteiger partial charge in [0.15, 0.2) is 0 Å². The molecule has 6 nitrogen and oxygen atoms in total. The second-order valence-electron chi connectivity index (χ2n) is 8.91. The van der Waals surface area contributed by atoms with Gasteiger partial charge in [-0.25, -0.2) is 0 Å². The van der Waals surface area contributed by atoms with E-state index in [0.29, 0.717) is 36.9 Å². The van der Waals surface area contributed by atoms with Crippen LogP contribution in [0.5, 0.6) is 0 Å². The lowest BCUT2D eigenvalue weighted by atomic mass is 9.95. The number of carbonyl (C=O) groups excluding carboxylic acids is 2. The largest absolute Gasteiger partial charge is 0.382 e. The van der Waals surface area contributed by atoms with E-state index in [1.165, 1.54) is 0 Å². The molecule has 6 heteroatoms. The maximum absolute atomic E-state index is 12.9. The van der Waals surface area contributed by atoms with E-state index >= 15 is 0 Å². The summed E-state index contributed by atoms with van der Waals surface area (Å²) in [6, 6.07) is 5.65. The molecule has 0 atom stereocenters. The van der Waals surface area contributed by atoms with Crippen LogP contribution in [0.2, 0.25) is 0 Å². The van der Waals surface area contributed by atoms with Gasteiger partial charge in [-0.2, -0.15) is 0 Å². The number of rotatable bonds is 8. The molecule has 0 aromatic heterocycles. The number of nitrogens with one attached hydrogen (secondary N) is 2. The maximum atomic E-state index is 12.9. The predicted molar refractivity (Wildman–Crippen MR) is 119 cm³/mol. The lowest BCUT2D eigenvalue weighted by molar-refractivity contribution is -0.123. The van der Waals surface area contributed by atoms with Gasteiger partial charge in [0.25, 0.3) is 5.91 Å². The minimum absolute atomic E-state index is 0.0693. The Morgan fingerprint density at radius 2 is 1.90 bits per heavy atom. The van der Waals surface area contributed by atoms with Gasteiger partial charge < -0.3 is 20.3 Å². The minimum Gasteiger partial charge on any atom is -0.382 e. The van der Waals surface area contributed by atoms with Crippen molar-refractivity contribution in [1.82, 2.24) is 5.32 Å². The number of piperidine rings is 1. The van der Waals surface area contributed by atoms with Crippen LogP contribution in [0.3, 0.4) is 0 Å². The van der Waals surface area contributed by atoms with Gasteiger partial charge in [0.1, 0.15) is 0 Å². The van der Waals surface area contributed by atoms with E-state index in [-0.39, 0.29) is 11.8 Å². The van der Waals surface area contributed by atoms with Crippen LogP contribution < -0.4 is 15.5 Å². The first-order chi connectivity index (χ1) is 13.7. The van der Waals surface area contributed by atoms with Gasteiger partial charge in [0.2, 0.25) is 5.91 Å². The molecule has 1 aromatic rings. The number of anilines is 2. The third-order valence-corrected chi connectivity index (χ3v) is 5.26. The van der Waals surface area contributed by atoms with Crippen molar-refractivity contribution in [2.75, 3.05) is 43.1 Å². The molecule has 1 saturated heterocycles. The summed E-state index contributed by atoms with van der Waals surface area (Å²) in [6.07, 6.45) is 3.02. The fourth-order valence-electron chi connectivity index (χ4n) is 3.26. The number of amides is 2. The van der Waals surface area contributed by atoms with Gasteiger partial charge in [0, 0.05) is 49.6 Å². The molecule has 1 aliphatic heterocycles. The molecule has 2 amide bonds. The molecule has 29 heavy (non-hydrogen) atoms. The van der Waals surface area contributed by atoms with Crippen LogP contribution >= 0.6 is 0 Å². The molecule has 2 rings (SSSR count). The van der Waals surface area contributed by atoms with Crippen molar-refractivity contribution in [1.29, 1.82) is 0 Å². The van der Waals surface area contributed by atoms with Crippen molar-refractivity contribution in [3.8, 4) is 0 Å². The molecule has 1 aromatic carbocycles. The summed E-state index contributed by atoms with van der Waals surface area (Å²) in [6.45, 7) is 13.6. The average molecular weight is 404 g/mol. The van der Waals surface area contributed by atoms with E-state index < -0.39 is 5.41 Å². The van der Waals surface area contributed by atoms with Crippen molar-refractivity contribution in [2.45, 2.75) is 53.9 Å². The minimum atomic E-state index is -0.497. The van der Waals surface area contributed by atoms with E-state index in [2.05, 4.69) is 22.5 Å². The molecular weight excluding hydrogens is 366 g/mol. The van der Waals surface area contributed by atoms with Gasteiger partial charge in [-0.1, -0.05) is 27.7 Å². The SMILES string of the molecule is CCOCCCNC(=O)c1cc(NC(=O)C(C)(C)C)ccc1N1CCC(C)CC1. The Hall–Kier alpha value is -2.08. The molecule has 0 unspecified atom stereocenters. The monoisotopic (exact) mass is 403 g/mol. The highest BCUT2D eigenvalue weighted by Crippen LogP contribution is 2.29. The predicted octanol–water partition coefficient (Wildman–Crippen LogP) is 4.06. The van der Waals surface area contributed by atoms with Crippen LogP contribution in [-0.4, -0.2) is 44.7 Å². The highest BCUT2D eigenvalue weighted by molar-refractivity contribution is 6.02. The standard InChI is InChI=1S/C23H37N3O3/c1-6-29-15-7-12-24-21(27)19-16-18(25-22(28)23(3,4)5)8-9-20(19)26-13-10-17(2)11-14-26/h8-9,16-17H,6-7,10-15H2,1-5H3,(H,24,27)(H,25,28). The van der Waals surface area contributed by atoms with Crippen molar-refractivity contribution < 1.29 is 14.3 Å². The number of benzene rings is 1. The molecule has 1 heterocycles. The summed E-state index contributed by atoms with van der Waals surface area (Å²) in [5.41, 5.74) is 1.71. The number of nitrogens with zero attached hydrogens (tertiary/aromatic N) is 1. The molecule has 0 radical (unpaired) electrons. The van der Waals surface area contributed by atoms with Gasteiger partial charge >= 0.3 is 0 Å². The Morgan fingerprint density at radius 1 is 1.21 bits per heavy atom. The normalized spacial score (nSPS) is 15.3. The molecule has 0 bridgehead atoms. The van der Waals surface area contributed by atoms with Crippen molar-refractivity contribution >= 4 is 23.2 Å². The summed E-state index contributed by atoms with van der Waals surface area (Å²) in [4.78, 5) is 27.6.